The Morgan fingerprint density at radius 1 is 0.727 bits per heavy atom. The molecule has 0 aromatic heterocycles. The Labute approximate surface area is 195 Å². The molecule has 0 amide bonds. The van der Waals surface area contributed by atoms with Crippen molar-refractivity contribution in [2.75, 3.05) is 0 Å². The number of esters is 2. The predicted molar refractivity (Wildman–Crippen MR) is 131 cm³/mol. The van der Waals surface area contributed by atoms with Crippen LogP contribution in [0.1, 0.15) is 42.5 Å². The molecule has 3 aromatic carbocycles. The van der Waals surface area contributed by atoms with Crippen molar-refractivity contribution in [2.45, 2.75) is 32.1 Å². The fourth-order valence-electron chi connectivity index (χ4n) is 3.82. The van der Waals surface area contributed by atoms with Gasteiger partial charge in [-0.2, -0.15) is 0 Å². The Morgan fingerprint density at radius 2 is 1.09 bits per heavy atom. The van der Waals surface area contributed by atoms with Crippen LogP contribution in [0.2, 0.25) is 0 Å². The van der Waals surface area contributed by atoms with Crippen molar-refractivity contribution in [2.24, 2.45) is 0 Å². The summed E-state index contributed by atoms with van der Waals surface area (Å²) in [5, 5.41) is 0. The maximum Gasteiger partial charge on any atom is 0.335 e. The summed E-state index contributed by atoms with van der Waals surface area (Å²) >= 11 is 0. The molecule has 0 aliphatic heterocycles. The zero-order valence-corrected chi connectivity index (χ0v) is 19.0. The van der Waals surface area contributed by atoms with E-state index >= 15 is 0 Å². The Kier molecular flexibility index (Phi) is 7.62. The topological polar surface area (TPSA) is 52.6 Å². The zero-order valence-electron chi connectivity index (χ0n) is 19.0. The second kappa shape index (κ2) is 10.6. The third-order valence-electron chi connectivity index (χ3n) is 5.70. The molecule has 3 aromatic rings. The molecule has 0 aliphatic carbocycles. The number of aryl methyl sites for hydroxylation is 1. The Bertz CT molecular complexity index is 1060. The number of rotatable bonds is 9. The van der Waals surface area contributed by atoms with Gasteiger partial charge in [0, 0.05) is 17.6 Å². The highest BCUT2D eigenvalue weighted by molar-refractivity contribution is 5.83. The molecule has 0 bridgehead atoms. The van der Waals surface area contributed by atoms with E-state index in [0.717, 1.165) is 41.7 Å². The van der Waals surface area contributed by atoms with Crippen molar-refractivity contribution < 1.29 is 19.1 Å². The van der Waals surface area contributed by atoms with Crippen LogP contribution >= 0.6 is 0 Å². The molecule has 0 saturated carbocycles. The molecule has 0 spiro atoms. The lowest BCUT2D eigenvalue weighted by atomic mass is 9.71. The smallest absolute Gasteiger partial charge is 0.335 e. The molecule has 0 fully saturated rings. The van der Waals surface area contributed by atoms with E-state index < -0.39 is 17.4 Å². The molecule has 0 saturated heterocycles. The number of hydrogen-bond donors (Lipinski definition) is 0. The fraction of sp³-hybridized carbons (Fsp3) is 0.172. The van der Waals surface area contributed by atoms with Crippen LogP contribution in [0.4, 0.5) is 0 Å². The Hall–Kier alpha value is -3.92. The van der Waals surface area contributed by atoms with Crippen LogP contribution in [0.15, 0.2) is 98.1 Å². The largest absolute Gasteiger partial charge is 0.423 e. The van der Waals surface area contributed by atoms with E-state index in [9.17, 15) is 9.59 Å². The Morgan fingerprint density at radius 3 is 1.42 bits per heavy atom. The van der Waals surface area contributed by atoms with Gasteiger partial charge in [-0.15, -0.1) is 0 Å². The number of hydrogen-bond acceptors (Lipinski definition) is 4. The summed E-state index contributed by atoms with van der Waals surface area (Å²) in [5.74, 6) is -0.0877. The minimum atomic E-state index is -0.498. The molecule has 0 heterocycles. The second-order valence-electron chi connectivity index (χ2n) is 7.87. The molecule has 4 heteroatoms. The lowest BCUT2D eigenvalue weighted by Crippen LogP contribution is -2.25. The summed E-state index contributed by atoms with van der Waals surface area (Å²) in [6.45, 7) is 11.2. The van der Waals surface area contributed by atoms with Crippen molar-refractivity contribution in [3.63, 3.8) is 0 Å². The zero-order chi connectivity index (χ0) is 23.8. The molecule has 0 unspecified atom stereocenters. The van der Waals surface area contributed by atoms with Gasteiger partial charge in [-0.3, -0.25) is 0 Å². The summed E-state index contributed by atoms with van der Waals surface area (Å²) in [6, 6.07) is 23.6. The summed E-state index contributed by atoms with van der Waals surface area (Å²) in [6.07, 6.45) is 4.39. The van der Waals surface area contributed by atoms with Gasteiger partial charge >= 0.3 is 11.9 Å². The van der Waals surface area contributed by atoms with Crippen molar-refractivity contribution in [3.05, 3.63) is 120 Å². The first-order chi connectivity index (χ1) is 15.9. The molecule has 0 aliphatic rings. The Balaban J connectivity index is 2.04. The molecule has 33 heavy (non-hydrogen) atoms. The normalized spacial score (nSPS) is 10.8. The van der Waals surface area contributed by atoms with Crippen molar-refractivity contribution in [1.29, 1.82) is 0 Å². The van der Waals surface area contributed by atoms with Gasteiger partial charge in [-0.25, -0.2) is 9.59 Å². The highest BCUT2D eigenvalue weighted by atomic mass is 16.5. The van der Waals surface area contributed by atoms with Crippen LogP contribution in [-0.4, -0.2) is 11.9 Å². The summed E-state index contributed by atoms with van der Waals surface area (Å²) in [4.78, 5) is 23.1. The van der Waals surface area contributed by atoms with E-state index in [1.54, 1.807) is 24.3 Å². The van der Waals surface area contributed by atoms with Crippen LogP contribution in [0.25, 0.3) is 0 Å². The van der Waals surface area contributed by atoms with Gasteiger partial charge < -0.3 is 9.47 Å². The first-order valence-corrected chi connectivity index (χ1v) is 10.9. The number of carbonyl (C=O) groups excluding carboxylic acids is 2. The van der Waals surface area contributed by atoms with Gasteiger partial charge in [0.2, 0.25) is 0 Å². The van der Waals surface area contributed by atoms with Crippen LogP contribution in [0.5, 0.6) is 11.5 Å². The van der Waals surface area contributed by atoms with Crippen LogP contribution in [0, 0.1) is 0 Å². The van der Waals surface area contributed by atoms with E-state index in [1.165, 1.54) is 5.56 Å². The van der Waals surface area contributed by atoms with Gasteiger partial charge in [0.1, 0.15) is 11.5 Å². The molecule has 4 nitrogen and oxygen atoms in total. The predicted octanol–water partition coefficient (Wildman–Crippen LogP) is 6.18. The van der Waals surface area contributed by atoms with Crippen molar-refractivity contribution in [3.8, 4) is 11.5 Å². The highest BCUT2D eigenvalue weighted by Crippen LogP contribution is 2.40. The summed E-state index contributed by atoms with van der Waals surface area (Å²) in [5.41, 5.74) is 3.98. The third-order valence-corrected chi connectivity index (χ3v) is 5.70. The molecule has 0 N–H and O–H groups in total. The molecular formula is C29H28O4. The van der Waals surface area contributed by atoms with Crippen LogP contribution in [-0.2, 0) is 21.4 Å². The quantitative estimate of drug-likeness (QED) is 0.173. The van der Waals surface area contributed by atoms with E-state index in [2.05, 4.69) is 51.3 Å². The first kappa shape index (κ1) is 23.7. The van der Waals surface area contributed by atoms with E-state index in [-0.39, 0.29) is 0 Å². The molecule has 168 valence electrons. The SMILES string of the molecule is C=CC(=O)Oc1ccc(C(C)(c2ccc(CCC)cc2)c2ccc(OC(=O)C=C)cc2)cc1. The van der Waals surface area contributed by atoms with Crippen LogP contribution < -0.4 is 9.47 Å². The monoisotopic (exact) mass is 440 g/mol. The molecular weight excluding hydrogens is 412 g/mol. The van der Waals surface area contributed by atoms with Crippen molar-refractivity contribution >= 4 is 11.9 Å². The molecule has 0 radical (unpaired) electrons. The number of benzene rings is 3. The summed E-state index contributed by atoms with van der Waals surface area (Å²) in [7, 11) is 0. The van der Waals surface area contributed by atoms with E-state index in [4.69, 9.17) is 9.47 Å². The maximum absolute atomic E-state index is 11.5. The molecule has 3 rings (SSSR count). The average Bonchev–Trinajstić information content (AvgIpc) is 2.85. The molecule has 0 atom stereocenters. The number of ether oxygens (including phenoxy) is 2. The minimum absolute atomic E-state index is 0.455. The fourth-order valence-corrected chi connectivity index (χ4v) is 3.82. The van der Waals surface area contributed by atoms with Gasteiger partial charge in [0.25, 0.3) is 0 Å². The van der Waals surface area contributed by atoms with Crippen LogP contribution in [0.3, 0.4) is 0 Å². The maximum atomic E-state index is 11.5. The first-order valence-electron chi connectivity index (χ1n) is 10.9. The summed E-state index contributed by atoms with van der Waals surface area (Å²) < 4.78 is 10.5. The standard InChI is InChI=1S/C29H28O4/c1-5-8-21-9-11-22(12-10-21)29(4,23-13-17-25(18-14-23)32-27(30)6-2)24-15-19-26(20-16-24)33-28(31)7-3/h6-7,9-20H,2-3,5,8H2,1,4H3. The second-order valence-corrected chi connectivity index (χ2v) is 7.87. The van der Waals surface area contributed by atoms with Gasteiger partial charge in [0.05, 0.1) is 0 Å². The number of carbonyl (C=O) groups is 2. The minimum Gasteiger partial charge on any atom is -0.423 e. The van der Waals surface area contributed by atoms with Gasteiger partial charge in [0.15, 0.2) is 0 Å². The third kappa shape index (κ3) is 5.47. The highest BCUT2D eigenvalue weighted by Gasteiger charge is 2.31. The lowest BCUT2D eigenvalue weighted by Gasteiger charge is -2.32. The van der Waals surface area contributed by atoms with Crippen molar-refractivity contribution in [1.82, 2.24) is 0 Å². The lowest BCUT2D eigenvalue weighted by molar-refractivity contribution is -0.129. The van der Waals surface area contributed by atoms with Gasteiger partial charge in [-0.1, -0.05) is 75.0 Å². The van der Waals surface area contributed by atoms with E-state index in [1.807, 2.05) is 24.3 Å². The van der Waals surface area contributed by atoms with E-state index in [0.29, 0.717) is 11.5 Å². The van der Waals surface area contributed by atoms with Gasteiger partial charge in [-0.05, 0) is 59.9 Å². The average molecular weight is 441 g/mol.